The van der Waals surface area contributed by atoms with Crippen molar-refractivity contribution >= 4 is 0 Å². The number of hydrogen-bond acceptors (Lipinski definition) is 2. The van der Waals surface area contributed by atoms with Gasteiger partial charge in [-0.05, 0) is 32.4 Å². The molecule has 0 aromatic rings. The van der Waals surface area contributed by atoms with Crippen LogP contribution in [0.25, 0.3) is 0 Å². The summed E-state index contributed by atoms with van der Waals surface area (Å²) in [4.78, 5) is 2.33. The van der Waals surface area contributed by atoms with Gasteiger partial charge in [-0.3, -0.25) is 0 Å². The first-order valence-electron chi connectivity index (χ1n) is 4.52. The molecule has 0 amide bonds. The zero-order chi connectivity index (χ0) is 8.10. The monoisotopic (exact) mass is 156 g/mol. The van der Waals surface area contributed by atoms with E-state index in [1.54, 1.807) is 0 Å². The second-order valence-electron chi connectivity index (χ2n) is 3.30. The van der Waals surface area contributed by atoms with E-state index in [2.05, 4.69) is 11.8 Å². The van der Waals surface area contributed by atoms with Crippen LogP contribution in [0.4, 0.5) is 0 Å². The van der Waals surface area contributed by atoms with Crippen LogP contribution in [0.3, 0.4) is 0 Å². The van der Waals surface area contributed by atoms with Crippen molar-refractivity contribution in [1.82, 2.24) is 4.90 Å². The summed E-state index contributed by atoms with van der Waals surface area (Å²) in [5.74, 6) is 0. The van der Waals surface area contributed by atoms with E-state index in [1.807, 2.05) is 0 Å². The Morgan fingerprint density at radius 3 is 3.00 bits per heavy atom. The number of likely N-dealkylation sites (tertiary alicyclic amines) is 1. The van der Waals surface area contributed by atoms with Gasteiger partial charge in [0.25, 0.3) is 0 Å². The van der Waals surface area contributed by atoms with Crippen molar-refractivity contribution in [2.75, 3.05) is 19.6 Å². The summed E-state index contributed by atoms with van der Waals surface area (Å²) in [5.41, 5.74) is 0. The highest BCUT2D eigenvalue weighted by atomic mass is 16.3. The van der Waals surface area contributed by atoms with E-state index < -0.39 is 0 Å². The van der Waals surface area contributed by atoms with E-state index >= 15 is 0 Å². The second kappa shape index (κ2) is 4.73. The molecule has 1 unspecified atom stereocenters. The minimum Gasteiger partial charge on any atom is -0.392 e. The molecule has 1 N–H and O–H groups in total. The van der Waals surface area contributed by atoms with Gasteiger partial charge >= 0.3 is 0 Å². The number of piperidine rings is 1. The molecule has 2 nitrogen and oxygen atoms in total. The average molecular weight is 156 g/mol. The van der Waals surface area contributed by atoms with E-state index in [4.69, 9.17) is 0 Å². The molecule has 1 radical (unpaired) electrons. The molecule has 1 aliphatic heterocycles. The van der Waals surface area contributed by atoms with Crippen molar-refractivity contribution in [3.05, 3.63) is 6.92 Å². The third-order valence-electron chi connectivity index (χ3n) is 2.20. The molecule has 11 heavy (non-hydrogen) atoms. The van der Waals surface area contributed by atoms with Gasteiger partial charge in [0, 0.05) is 6.54 Å². The Bertz CT molecular complexity index is 106. The lowest BCUT2D eigenvalue weighted by Gasteiger charge is -2.29. The number of nitrogens with zero attached hydrogens (tertiary/aromatic N) is 1. The molecule has 0 saturated carbocycles. The molecule has 65 valence electrons. The molecule has 2 heteroatoms. The summed E-state index contributed by atoms with van der Waals surface area (Å²) in [6.45, 7) is 6.95. The summed E-state index contributed by atoms with van der Waals surface area (Å²) < 4.78 is 0. The van der Waals surface area contributed by atoms with Gasteiger partial charge in [0.15, 0.2) is 0 Å². The third-order valence-corrected chi connectivity index (χ3v) is 2.20. The first kappa shape index (κ1) is 9.01. The molecule has 1 rings (SSSR count). The van der Waals surface area contributed by atoms with Crippen LogP contribution < -0.4 is 0 Å². The highest BCUT2D eigenvalue weighted by Gasteiger charge is 2.16. The van der Waals surface area contributed by atoms with Crippen molar-refractivity contribution < 1.29 is 5.11 Å². The van der Waals surface area contributed by atoms with E-state index in [9.17, 15) is 5.11 Å². The number of aliphatic hydroxyl groups is 1. The van der Waals surface area contributed by atoms with Crippen LogP contribution in [0, 0.1) is 6.92 Å². The first-order chi connectivity index (χ1) is 5.33. The van der Waals surface area contributed by atoms with E-state index in [-0.39, 0.29) is 6.10 Å². The van der Waals surface area contributed by atoms with Gasteiger partial charge in [-0.15, -0.1) is 0 Å². The molecule has 0 aliphatic carbocycles. The lowest BCUT2D eigenvalue weighted by atomic mass is 10.1. The van der Waals surface area contributed by atoms with Crippen molar-refractivity contribution in [3.63, 3.8) is 0 Å². The lowest BCUT2D eigenvalue weighted by molar-refractivity contribution is 0.0703. The lowest BCUT2D eigenvalue weighted by Crippen LogP contribution is -2.38. The van der Waals surface area contributed by atoms with Gasteiger partial charge in [0.2, 0.25) is 0 Å². The van der Waals surface area contributed by atoms with Gasteiger partial charge in [-0.25, -0.2) is 0 Å². The molecule has 0 spiro atoms. The largest absolute Gasteiger partial charge is 0.392 e. The van der Waals surface area contributed by atoms with E-state index in [0.29, 0.717) is 0 Å². The van der Waals surface area contributed by atoms with Crippen molar-refractivity contribution in [2.45, 2.75) is 31.8 Å². The Hall–Kier alpha value is -0.0800. The van der Waals surface area contributed by atoms with Crippen LogP contribution >= 0.6 is 0 Å². The Morgan fingerprint density at radius 1 is 1.55 bits per heavy atom. The fourth-order valence-corrected chi connectivity index (χ4v) is 1.57. The third kappa shape index (κ3) is 3.21. The van der Waals surface area contributed by atoms with Gasteiger partial charge in [0.05, 0.1) is 6.10 Å². The van der Waals surface area contributed by atoms with E-state index in [1.165, 1.54) is 0 Å². The Labute approximate surface area is 69.2 Å². The van der Waals surface area contributed by atoms with Crippen LogP contribution in [0.1, 0.15) is 25.7 Å². The Morgan fingerprint density at radius 2 is 2.36 bits per heavy atom. The van der Waals surface area contributed by atoms with Gasteiger partial charge < -0.3 is 10.0 Å². The zero-order valence-electron chi connectivity index (χ0n) is 7.13. The summed E-state index contributed by atoms with van der Waals surface area (Å²) in [6, 6.07) is 0. The van der Waals surface area contributed by atoms with Crippen LogP contribution in [-0.4, -0.2) is 35.7 Å². The predicted octanol–water partition coefficient (Wildman–Crippen LogP) is 1.06. The molecule has 1 saturated heterocycles. The highest BCUT2D eigenvalue weighted by molar-refractivity contribution is 4.71. The molecular weight excluding hydrogens is 138 g/mol. The van der Waals surface area contributed by atoms with Gasteiger partial charge in [-0.1, -0.05) is 13.3 Å². The average Bonchev–Trinajstić information content (AvgIpc) is 2.01. The molecular formula is C9H18NO. The van der Waals surface area contributed by atoms with Crippen molar-refractivity contribution in [1.29, 1.82) is 0 Å². The zero-order valence-corrected chi connectivity index (χ0v) is 7.13. The first-order valence-corrected chi connectivity index (χ1v) is 4.52. The number of aliphatic hydroxyl groups excluding tert-OH is 1. The van der Waals surface area contributed by atoms with Gasteiger partial charge in [0.1, 0.15) is 0 Å². The van der Waals surface area contributed by atoms with Crippen LogP contribution in [-0.2, 0) is 0 Å². The SMILES string of the molecule is [CH2]CCCN1CCCC(O)C1. The summed E-state index contributed by atoms with van der Waals surface area (Å²) in [5, 5.41) is 9.32. The van der Waals surface area contributed by atoms with Crippen molar-refractivity contribution in [2.24, 2.45) is 0 Å². The Balaban J connectivity index is 2.12. The normalized spacial score (nSPS) is 27.3. The number of hydrogen-bond donors (Lipinski definition) is 1. The minimum absolute atomic E-state index is 0.0754. The maximum Gasteiger partial charge on any atom is 0.0667 e. The van der Waals surface area contributed by atoms with Crippen LogP contribution in [0.2, 0.25) is 0 Å². The maximum absolute atomic E-state index is 9.32. The number of β-amino-alcohol motifs (C(OH)–C–C–N with tert-alkyl or cyclic N) is 1. The van der Waals surface area contributed by atoms with Crippen LogP contribution in [0.15, 0.2) is 0 Å². The highest BCUT2D eigenvalue weighted by Crippen LogP contribution is 2.09. The maximum atomic E-state index is 9.32. The fraction of sp³-hybridized carbons (Fsp3) is 0.889. The number of rotatable bonds is 3. The van der Waals surface area contributed by atoms with Crippen molar-refractivity contribution in [3.8, 4) is 0 Å². The molecule has 1 atom stereocenters. The Kier molecular flexibility index (Phi) is 3.87. The molecule has 1 fully saturated rings. The topological polar surface area (TPSA) is 23.5 Å². The molecule has 0 aromatic heterocycles. The quantitative estimate of drug-likeness (QED) is 0.660. The summed E-state index contributed by atoms with van der Waals surface area (Å²) in [7, 11) is 0. The molecule has 1 heterocycles. The van der Waals surface area contributed by atoms with Crippen LogP contribution in [0.5, 0.6) is 0 Å². The number of unbranched alkanes of at least 4 members (excludes halogenated alkanes) is 1. The summed E-state index contributed by atoms with van der Waals surface area (Å²) in [6.07, 6.45) is 4.23. The second-order valence-corrected chi connectivity index (χ2v) is 3.30. The standard InChI is InChI=1S/C9H18NO/c1-2-3-6-10-7-4-5-9(11)8-10/h9,11H,1-8H2. The predicted molar refractivity (Wildman–Crippen MR) is 46.3 cm³/mol. The molecule has 0 bridgehead atoms. The smallest absolute Gasteiger partial charge is 0.0667 e. The molecule has 1 aliphatic rings. The fourth-order valence-electron chi connectivity index (χ4n) is 1.57. The van der Waals surface area contributed by atoms with E-state index in [0.717, 1.165) is 45.3 Å². The van der Waals surface area contributed by atoms with Gasteiger partial charge in [-0.2, -0.15) is 0 Å². The summed E-state index contributed by atoms with van der Waals surface area (Å²) >= 11 is 0. The minimum atomic E-state index is -0.0754. The molecule has 0 aromatic carbocycles.